The van der Waals surface area contributed by atoms with Crippen LogP contribution >= 0.6 is 15.9 Å². The Morgan fingerprint density at radius 3 is 2.80 bits per heavy atom. The largest absolute Gasteiger partial charge is 0.496 e. The number of nitrogens with zero attached hydrogens (tertiary/aromatic N) is 2. The predicted octanol–water partition coefficient (Wildman–Crippen LogP) is 3.44. The second-order valence-electron chi connectivity index (χ2n) is 4.41. The lowest BCUT2D eigenvalue weighted by Crippen LogP contribution is -2.00. The van der Waals surface area contributed by atoms with Gasteiger partial charge in [0.2, 0.25) is 0 Å². The van der Waals surface area contributed by atoms with E-state index in [2.05, 4.69) is 25.9 Å². The van der Waals surface area contributed by atoms with E-state index in [4.69, 9.17) is 4.74 Å². The number of aromatic nitrogens is 2. The summed E-state index contributed by atoms with van der Waals surface area (Å²) in [5, 5.41) is 0. The molecule has 1 aromatic carbocycles. The van der Waals surface area contributed by atoms with Crippen LogP contribution in [0.1, 0.15) is 19.2 Å². The summed E-state index contributed by atoms with van der Waals surface area (Å²) in [7, 11) is 1.63. The molecule has 0 unspecified atom stereocenters. The summed E-state index contributed by atoms with van der Waals surface area (Å²) in [6.45, 7) is 1.57. The zero-order chi connectivity index (χ0) is 14.5. The fraction of sp³-hybridized carbons (Fsp3) is 0.267. The maximum Gasteiger partial charge on any atom is 0.133 e. The third-order valence-electron chi connectivity index (χ3n) is 2.85. The highest BCUT2D eigenvalue weighted by molar-refractivity contribution is 9.10. The predicted molar refractivity (Wildman–Crippen MR) is 80.7 cm³/mol. The molecule has 0 saturated heterocycles. The molecule has 0 spiro atoms. The summed E-state index contributed by atoms with van der Waals surface area (Å²) in [4.78, 5) is 19.7. The topological polar surface area (TPSA) is 52.1 Å². The van der Waals surface area contributed by atoms with Crippen molar-refractivity contribution in [3.05, 3.63) is 40.8 Å². The van der Waals surface area contributed by atoms with Crippen molar-refractivity contribution in [1.29, 1.82) is 0 Å². The Labute approximate surface area is 126 Å². The van der Waals surface area contributed by atoms with Gasteiger partial charge in [-0.15, -0.1) is 0 Å². The molecule has 0 atom stereocenters. The second kappa shape index (κ2) is 6.61. The minimum absolute atomic E-state index is 0.145. The van der Waals surface area contributed by atoms with Crippen molar-refractivity contribution < 1.29 is 9.53 Å². The van der Waals surface area contributed by atoms with Crippen LogP contribution in [0.4, 0.5) is 0 Å². The molecule has 0 fully saturated rings. The van der Waals surface area contributed by atoms with E-state index < -0.39 is 0 Å². The van der Waals surface area contributed by atoms with Crippen LogP contribution in [0, 0.1) is 0 Å². The molecule has 20 heavy (non-hydrogen) atoms. The second-order valence-corrected chi connectivity index (χ2v) is 5.26. The van der Waals surface area contributed by atoms with Gasteiger partial charge in [0.05, 0.1) is 17.3 Å². The average Bonchev–Trinajstić information content (AvgIpc) is 2.45. The van der Waals surface area contributed by atoms with Crippen molar-refractivity contribution in [2.24, 2.45) is 0 Å². The van der Waals surface area contributed by atoms with Crippen LogP contribution in [0.3, 0.4) is 0 Å². The Hall–Kier alpha value is -1.75. The van der Waals surface area contributed by atoms with E-state index in [0.29, 0.717) is 18.7 Å². The molecular formula is C15H15BrN2O2. The molecule has 4 nitrogen and oxygen atoms in total. The molecule has 0 aliphatic carbocycles. The molecule has 0 aliphatic rings. The molecule has 5 heteroatoms. The van der Waals surface area contributed by atoms with E-state index in [9.17, 15) is 4.79 Å². The molecule has 0 radical (unpaired) electrons. The van der Waals surface area contributed by atoms with Crippen molar-refractivity contribution in [2.45, 2.75) is 19.8 Å². The Balaban J connectivity index is 2.26. The SMILES string of the molecule is COc1ccc(-c2ccnc(CCC(C)=O)n2)cc1Br. The number of ketones is 1. The Morgan fingerprint density at radius 1 is 1.35 bits per heavy atom. The van der Waals surface area contributed by atoms with Crippen molar-refractivity contribution in [3.63, 3.8) is 0 Å². The smallest absolute Gasteiger partial charge is 0.133 e. The van der Waals surface area contributed by atoms with Gasteiger partial charge >= 0.3 is 0 Å². The number of halogens is 1. The molecule has 1 aromatic heterocycles. The van der Waals surface area contributed by atoms with Gasteiger partial charge in [0.15, 0.2) is 0 Å². The molecular weight excluding hydrogens is 320 g/mol. The number of carbonyl (C=O) groups excluding carboxylic acids is 1. The molecule has 0 N–H and O–H groups in total. The minimum atomic E-state index is 0.145. The van der Waals surface area contributed by atoms with E-state index in [0.717, 1.165) is 21.5 Å². The van der Waals surface area contributed by atoms with Crippen LogP contribution in [-0.4, -0.2) is 22.9 Å². The van der Waals surface area contributed by atoms with E-state index in [1.807, 2.05) is 24.3 Å². The summed E-state index contributed by atoms with van der Waals surface area (Å²) < 4.78 is 6.08. The Bertz CT molecular complexity index is 629. The van der Waals surface area contributed by atoms with Crippen molar-refractivity contribution in [2.75, 3.05) is 7.11 Å². The average molecular weight is 335 g/mol. The maximum absolute atomic E-state index is 11.0. The van der Waals surface area contributed by atoms with E-state index >= 15 is 0 Å². The van der Waals surface area contributed by atoms with Crippen LogP contribution in [0.25, 0.3) is 11.3 Å². The van der Waals surface area contributed by atoms with Crippen molar-refractivity contribution in [3.8, 4) is 17.0 Å². The molecule has 0 amide bonds. The summed E-state index contributed by atoms with van der Waals surface area (Å²) in [6, 6.07) is 7.64. The maximum atomic E-state index is 11.0. The number of rotatable bonds is 5. The monoisotopic (exact) mass is 334 g/mol. The molecule has 104 valence electrons. The molecule has 1 heterocycles. The first-order valence-electron chi connectivity index (χ1n) is 6.25. The van der Waals surface area contributed by atoms with Crippen LogP contribution in [0.15, 0.2) is 34.9 Å². The Kier molecular flexibility index (Phi) is 4.84. The van der Waals surface area contributed by atoms with Crippen LogP contribution < -0.4 is 4.74 Å². The first-order chi connectivity index (χ1) is 9.60. The fourth-order valence-electron chi connectivity index (χ4n) is 1.79. The standard InChI is InChI=1S/C15H15BrN2O2/c1-10(19)3-6-15-17-8-7-13(18-15)11-4-5-14(20-2)12(16)9-11/h4-5,7-9H,3,6H2,1-2H3. The molecule has 2 rings (SSSR count). The normalized spacial score (nSPS) is 10.3. The number of ether oxygens (including phenoxy) is 1. The van der Waals surface area contributed by atoms with Crippen LogP contribution in [0.2, 0.25) is 0 Å². The quantitative estimate of drug-likeness (QED) is 0.840. The summed E-state index contributed by atoms with van der Waals surface area (Å²) in [5.41, 5.74) is 1.81. The van der Waals surface area contributed by atoms with E-state index in [1.54, 1.807) is 20.2 Å². The van der Waals surface area contributed by atoms with Gasteiger partial charge in [-0.05, 0) is 47.1 Å². The molecule has 0 aliphatic heterocycles. The molecule has 0 bridgehead atoms. The number of methoxy groups -OCH3 is 1. The van der Waals surface area contributed by atoms with Gasteiger partial charge in [0.1, 0.15) is 17.4 Å². The lowest BCUT2D eigenvalue weighted by molar-refractivity contribution is -0.117. The third-order valence-corrected chi connectivity index (χ3v) is 3.47. The van der Waals surface area contributed by atoms with Crippen molar-refractivity contribution >= 4 is 21.7 Å². The van der Waals surface area contributed by atoms with Crippen molar-refractivity contribution in [1.82, 2.24) is 9.97 Å². The third kappa shape index (κ3) is 3.63. The van der Waals surface area contributed by atoms with Gasteiger partial charge in [0.25, 0.3) is 0 Å². The highest BCUT2D eigenvalue weighted by atomic mass is 79.9. The number of Topliss-reactive ketones (excluding diaryl/α,β-unsaturated/α-hetero) is 1. The number of benzene rings is 1. The molecule has 2 aromatic rings. The number of hydrogen-bond acceptors (Lipinski definition) is 4. The number of carbonyl (C=O) groups is 1. The zero-order valence-corrected chi connectivity index (χ0v) is 13.0. The first-order valence-corrected chi connectivity index (χ1v) is 7.04. The van der Waals surface area contributed by atoms with Crippen LogP contribution in [-0.2, 0) is 11.2 Å². The van der Waals surface area contributed by atoms with Gasteiger partial charge < -0.3 is 9.53 Å². The minimum Gasteiger partial charge on any atom is -0.496 e. The van der Waals surface area contributed by atoms with Gasteiger partial charge in [-0.3, -0.25) is 0 Å². The fourth-order valence-corrected chi connectivity index (χ4v) is 2.33. The van der Waals surface area contributed by atoms with Gasteiger partial charge in [0, 0.05) is 24.6 Å². The van der Waals surface area contributed by atoms with E-state index in [1.165, 1.54) is 0 Å². The zero-order valence-electron chi connectivity index (χ0n) is 11.4. The lowest BCUT2D eigenvalue weighted by Gasteiger charge is -2.07. The number of hydrogen-bond donors (Lipinski definition) is 0. The summed E-state index contributed by atoms with van der Waals surface area (Å²) >= 11 is 3.46. The van der Waals surface area contributed by atoms with Gasteiger partial charge in [-0.2, -0.15) is 0 Å². The van der Waals surface area contributed by atoms with Gasteiger partial charge in [-0.25, -0.2) is 9.97 Å². The lowest BCUT2D eigenvalue weighted by atomic mass is 10.1. The highest BCUT2D eigenvalue weighted by Crippen LogP contribution is 2.29. The Morgan fingerprint density at radius 2 is 2.15 bits per heavy atom. The number of aryl methyl sites for hydroxylation is 1. The first kappa shape index (κ1) is 14.7. The summed E-state index contributed by atoms with van der Waals surface area (Å²) in [6.07, 6.45) is 2.76. The summed E-state index contributed by atoms with van der Waals surface area (Å²) in [5.74, 6) is 1.61. The van der Waals surface area contributed by atoms with E-state index in [-0.39, 0.29) is 5.78 Å². The van der Waals surface area contributed by atoms with Crippen LogP contribution in [0.5, 0.6) is 5.75 Å². The highest BCUT2D eigenvalue weighted by Gasteiger charge is 2.06. The molecule has 0 saturated carbocycles. The van der Waals surface area contributed by atoms with Gasteiger partial charge in [-0.1, -0.05) is 0 Å².